The van der Waals surface area contributed by atoms with Crippen LogP contribution < -0.4 is 10.1 Å². The van der Waals surface area contributed by atoms with Gasteiger partial charge in [-0.3, -0.25) is 0 Å². The Bertz CT molecular complexity index is 297. The molecule has 78 valence electrons. The second-order valence-electron chi connectivity index (χ2n) is 3.43. The lowest BCUT2D eigenvalue weighted by atomic mass is 10.2. The molecule has 0 fully saturated rings. The van der Waals surface area contributed by atoms with Gasteiger partial charge in [0, 0.05) is 6.54 Å². The molecule has 1 aromatic carbocycles. The molecule has 0 heterocycles. The second kappa shape index (κ2) is 4.86. The maximum Gasteiger partial charge on any atom is 0.141 e. The van der Waals surface area contributed by atoms with Crippen LogP contribution in [0.4, 0.5) is 5.69 Å². The van der Waals surface area contributed by atoms with Gasteiger partial charge in [0.05, 0.1) is 18.9 Å². The maximum atomic E-state index is 9.14. The van der Waals surface area contributed by atoms with Crippen molar-refractivity contribution in [3.8, 4) is 5.75 Å². The van der Waals surface area contributed by atoms with Gasteiger partial charge in [0.1, 0.15) is 5.75 Å². The summed E-state index contributed by atoms with van der Waals surface area (Å²) in [5, 5.41) is 12.3. The van der Waals surface area contributed by atoms with E-state index < -0.39 is 0 Å². The molecule has 1 atom stereocenters. The first kappa shape index (κ1) is 10.9. The Balaban J connectivity index is 2.77. The van der Waals surface area contributed by atoms with Gasteiger partial charge in [0.25, 0.3) is 0 Å². The van der Waals surface area contributed by atoms with Crippen molar-refractivity contribution in [2.75, 3.05) is 19.0 Å². The molecule has 0 aromatic heterocycles. The minimum absolute atomic E-state index is 0.361. The number of hydrogen-bond acceptors (Lipinski definition) is 3. The molecule has 0 aliphatic rings. The van der Waals surface area contributed by atoms with Gasteiger partial charge >= 0.3 is 0 Å². The molecule has 3 heteroatoms. The van der Waals surface area contributed by atoms with Crippen LogP contribution in [0, 0.1) is 6.92 Å². The van der Waals surface area contributed by atoms with Crippen LogP contribution in [0.1, 0.15) is 12.5 Å². The molecule has 1 aromatic rings. The third kappa shape index (κ3) is 2.92. The predicted octanol–water partition coefficient (Wildman–Crippen LogP) is 1.80. The number of aliphatic hydroxyl groups excluding tert-OH is 1. The van der Waals surface area contributed by atoms with Crippen LogP contribution in [-0.4, -0.2) is 24.9 Å². The fourth-order valence-electron chi connectivity index (χ4n) is 1.22. The number of ether oxygens (including phenoxy) is 1. The zero-order valence-corrected chi connectivity index (χ0v) is 8.87. The monoisotopic (exact) mass is 195 g/mol. The Morgan fingerprint density at radius 2 is 2.21 bits per heavy atom. The van der Waals surface area contributed by atoms with E-state index in [1.807, 2.05) is 25.1 Å². The number of benzene rings is 1. The maximum absolute atomic E-state index is 9.14. The SMILES string of the molecule is COc1ccc(C)cc1NC[C@@H](C)O. The molecular weight excluding hydrogens is 178 g/mol. The second-order valence-corrected chi connectivity index (χ2v) is 3.43. The van der Waals surface area contributed by atoms with Crippen molar-refractivity contribution in [2.24, 2.45) is 0 Å². The lowest BCUT2D eigenvalue weighted by Crippen LogP contribution is -2.15. The van der Waals surface area contributed by atoms with Crippen molar-refractivity contribution < 1.29 is 9.84 Å². The van der Waals surface area contributed by atoms with Gasteiger partial charge in [0.15, 0.2) is 0 Å². The molecular formula is C11H17NO2. The lowest BCUT2D eigenvalue weighted by Gasteiger charge is -2.12. The summed E-state index contributed by atoms with van der Waals surface area (Å²) >= 11 is 0. The Labute approximate surface area is 84.7 Å². The van der Waals surface area contributed by atoms with E-state index in [2.05, 4.69) is 5.32 Å². The van der Waals surface area contributed by atoms with Crippen molar-refractivity contribution >= 4 is 5.69 Å². The lowest BCUT2D eigenvalue weighted by molar-refractivity contribution is 0.208. The fourth-order valence-corrected chi connectivity index (χ4v) is 1.22. The van der Waals surface area contributed by atoms with Gasteiger partial charge in [-0.15, -0.1) is 0 Å². The summed E-state index contributed by atoms with van der Waals surface area (Å²) in [7, 11) is 1.64. The smallest absolute Gasteiger partial charge is 0.141 e. The molecule has 3 nitrogen and oxygen atoms in total. The highest BCUT2D eigenvalue weighted by Crippen LogP contribution is 2.24. The highest BCUT2D eigenvalue weighted by Gasteiger charge is 2.03. The average Bonchev–Trinajstić information content (AvgIpc) is 2.15. The number of hydrogen-bond donors (Lipinski definition) is 2. The molecule has 0 amide bonds. The van der Waals surface area contributed by atoms with Crippen LogP contribution in [0.2, 0.25) is 0 Å². The molecule has 2 N–H and O–H groups in total. The van der Waals surface area contributed by atoms with E-state index in [0.717, 1.165) is 11.4 Å². The Morgan fingerprint density at radius 3 is 2.79 bits per heavy atom. The van der Waals surface area contributed by atoms with Gasteiger partial charge in [-0.25, -0.2) is 0 Å². The Hall–Kier alpha value is -1.22. The molecule has 0 saturated heterocycles. The van der Waals surface area contributed by atoms with Crippen LogP contribution in [0.15, 0.2) is 18.2 Å². The van der Waals surface area contributed by atoms with Crippen molar-refractivity contribution in [2.45, 2.75) is 20.0 Å². The molecule has 0 aliphatic carbocycles. The van der Waals surface area contributed by atoms with Crippen LogP contribution in [0.25, 0.3) is 0 Å². The first-order valence-corrected chi connectivity index (χ1v) is 4.70. The van der Waals surface area contributed by atoms with Crippen LogP contribution >= 0.6 is 0 Å². The number of rotatable bonds is 4. The summed E-state index contributed by atoms with van der Waals surface area (Å²) in [5.74, 6) is 0.802. The first-order valence-electron chi connectivity index (χ1n) is 4.70. The van der Waals surface area contributed by atoms with E-state index in [1.165, 1.54) is 5.56 Å². The van der Waals surface area contributed by atoms with E-state index >= 15 is 0 Å². The minimum Gasteiger partial charge on any atom is -0.495 e. The molecule has 0 unspecified atom stereocenters. The third-order valence-corrected chi connectivity index (χ3v) is 1.94. The summed E-state index contributed by atoms with van der Waals surface area (Å²) in [4.78, 5) is 0. The van der Waals surface area contributed by atoms with Gasteiger partial charge in [-0.1, -0.05) is 6.07 Å². The van der Waals surface area contributed by atoms with Gasteiger partial charge < -0.3 is 15.2 Å². The van der Waals surface area contributed by atoms with E-state index in [-0.39, 0.29) is 6.10 Å². The zero-order chi connectivity index (χ0) is 10.6. The largest absolute Gasteiger partial charge is 0.495 e. The van der Waals surface area contributed by atoms with E-state index in [9.17, 15) is 0 Å². The minimum atomic E-state index is -0.361. The third-order valence-electron chi connectivity index (χ3n) is 1.94. The highest BCUT2D eigenvalue weighted by atomic mass is 16.5. The molecule has 0 spiro atoms. The van der Waals surface area contributed by atoms with Crippen LogP contribution in [-0.2, 0) is 0 Å². The van der Waals surface area contributed by atoms with Crippen molar-refractivity contribution in [1.29, 1.82) is 0 Å². The van der Waals surface area contributed by atoms with Crippen molar-refractivity contribution in [3.05, 3.63) is 23.8 Å². The molecule has 0 saturated carbocycles. The molecule has 0 aliphatic heterocycles. The van der Waals surface area contributed by atoms with Gasteiger partial charge in [-0.05, 0) is 31.5 Å². The van der Waals surface area contributed by atoms with Gasteiger partial charge in [0.2, 0.25) is 0 Å². The van der Waals surface area contributed by atoms with Crippen molar-refractivity contribution in [1.82, 2.24) is 0 Å². The Morgan fingerprint density at radius 1 is 1.50 bits per heavy atom. The number of aliphatic hydroxyl groups is 1. The van der Waals surface area contributed by atoms with E-state index in [4.69, 9.17) is 9.84 Å². The number of aryl methyl sites for hydroxylation is 1. The topological polar surface area (TPSA) is 41.5 Å². The molecule has 14 heavy (non-hydrogen) atoms. The summed E-state index contributed by atoms with van der Waals surface area (Å²) in [6, 6.07) is 5.91. The zero-order valence-electron chi connectivity index (χ0n) is 8.87. The number of nitrogens with one attached hydrogen (secondary N) is 1. The summed E-state index contributed by atoms with van der Waals surface area (Å²) in [5.41, 5.74) is 2.09. The molecule has 0 bridgehead atoms. The average molecular weight is 195 g/mol. The first-order chi connectivity index (χ1) is 6.63. The summed E-state index contributed by atoms with van der Waals surface area (Å²) in [6.45, 7) is 4.29. The summed E-state index contributed by atoms with van der Waals surface area (Å²) in [6.07, 6.45) is -0.361. The van der Waals surface area contributed by atoms with E-state index in [1.54, 1.807) is 14.0 Å². The van der Waals surface area contributed by atoms with Crippen LogP contribution in [0.5, 0.6) is 5.75 Å². The summed E-state index contributed by atoms with van der Waals surface area (Å²) < 4.78 is 5.19. The quantitative estimate of drug-likeness (QED) is 0.769. The van der Waals surface area contributed by atoms with Gasteiger partial charge in [-0.2, -0.15) is 0 Å². The standard InChI is InChI=1S/C11H17NO2/c1-8-4-5-11(14-3)10(6-8)12-7-9(2)13/h4-6,9,12-13H,7H2,1-3H3/t9-/m1/s1. The highest BCUT2D eigenvalue weighted by molar-refractivity contribution is 5.57. The fraction of sp³-hybridized carbons (Fsp3) is 0.455. The molecule has 1 rings (SSSR count). The van der Waals surface area contributed by atoms with Crippen LogP contribution in [0.3, 0.4) is 0 Å². The predicted molar refractivity (Wildman–Crippen MR) is 57.9 cm³/mol. The van der Waals surface area contributed by atoms with Crippen molar-refractivity contribution in [3.63, 3.8) is 0 Å². The Kier molecular flexibility index (Phi) is 3.77. The number of anilines is 1. The molecule has 0 radical (unpaired) electrons. The van der Waals surface area contributed by atoms with E-state index in [0.29, 0.717) is 6.54 Å². The normalized spacial score (nSPS) is 12.3. The number of methoxy groups -OCH3 is 1.